The highest BCUT2D eigenvalue weighted by atomic mass is 32.2. The molecule has 0 bridgehead atoms. The molecule has 1 aromatic carbocycles. The van der Waals surface area contributed by atoms with E-state index in [1.54, 1.807) is 0 Å². The van der Waals surface area contributed by atoms with Gasteiger partial charge in [0.05, 0.1) is 19.8 Å². The lowest BCUT2D eigenvalue weighted by Gasteiger charge is -2.17. The van der Waals surface area contributed by atoms with Gasteiger partial charge in [0.1, 0.15) is 10.6 Å². The van der Waals surface area contributed by atoms with Gasteiger partial charge in [0.15, 0.2) is 6.61 Å². The second-order valence-electron chi connectivity index (χ2n) is 4.21. The minimum atomic E-state index is -4.02. The monoisotopic (exact) mass is 346 g/mol. The number of carbonyl (C=O) groups is 2. The first-order chi connectivity index (χ1) is 10.8. The summed E-state index contributed by atoms with van der Waals surface area (Å²) in [6.07, 6.45) is 0. The van der Waals surface area contributed by atoms with Gasteiger partial charge in [0.2, 0.25) is 0 Å². The van der Waals surface area contributed by atoms with Crippen LogP contribution in [0.25, 0.3) is 0 Å². The molecule has 0 spiro atoms. The van der Waals surface area contributed by atoms with Crippen molar-refractivity contribution in [2.24, 2.45) is 0 Å². The maximum atomic E-state index is 12.3. The van der Waals surface area contributed by atoms with Crippen molar-refractivity contribution in [1.29, 1.82) is 0 Å². The molecule has 0 saturated carbocycles. The minimum absolute atomic E-state index is 0.0387. The van der Waals surface area contributed by atoms with Crippen LogP contribution in [0.4, 0.5) is 0 Å². The summed E-state index contributed by atoms with van der Waals surface area (Å²) in [5, 5.41) is 2.29. The summed E-state index contributed by atoms with van der Waals surface area (Å²) in [5.41, 5.74) is -0.0437. The quantitative estimate of drug-likeness (QED) is 0.536. The molecule has 0 aliphatic heterocycles. The van der Waals surface area contributed by atoms with Gasteiger partial charge in [-0.15, -0.1) is 0 Å². The number of hydrogen-bond donors (Lipinski definition) is 1. The topological polar surface area (TPSA) is 111 Å². The molecule has 23 heavy (non-hydrogen) atoms. The molecule has 1 amide bonds. The molecular formula is C13H18N2O7S. The highest BCUT2D eigenvalue weighted by Gasteiger charge is 2.26. The number of nitrogens with one attached hydrogen (secondary N) is 1. The summed E-state index contributed by atoms with van der Waals surface area (Å²) in [7, 11) is 1.06. The molecule has 0 aromatic heterocycles. The van der Waals surface area contributed by atoms with E-state index in [9.17, 15) is 18.0 Å². The minimum Gasteiger partial charge on any atom is -0.495 e. The first kappa shape index (κ1) is 18.9. The largest absolute Gasteiger partial charge is 0.495 e. The predicted octanol–water partition coefficient (Wildman–Crippen LogP) is -0.220. The molecule has 0 heterocycles. The van der Waals surface area contributed by atoms with Gasteiger partial charge in [0, 0.05) is 14.1 Å². The lowest BCUT2D eigenvalue weighted by atomic mass is 10.2. The number of ether oxygens (including phenoxy) is 2. The number of esters is 1. The Labute approximate surface area is 134 Å². The maximum absolute atomic E-state index is 12.3. The number of amides is 1. The van der Waals surface area contributed by atoms with Crippen molar-refractivity contribution < 1.29 is 32.3 Å². The van der Waals surface area contributed by atoms with E-state index < -0.39 is 28.5 Å². The molecular weight excluding hydrogens is 328 g/mol. The molecule has 0 aliphatic rings. The lowest BCUT2D eigenvalue weighted by Crippen LogP contribution is -2.27. The second-order valence-corrected chi connectivity index (χ2v) is 6.12. The number of carbonyl (C=O) groups excluding carboxylic acids is 2. The zero-order chi connectivity index (χ0) is 17.6. The summed E-state index contributed by atoms with van der Waals surface area (Å²) < 4.78 is 35.1. The van der Waals surface area contributed by atoms with Crippen LogP contribution in [0.5, 0.6) is 5.75 Å². The zero-order valence-electron chi connectivity index (χ0n) is 13.2. The number of sulfonamides is 1. The zero-order valence-corrected chi connectivity index (χ0v) is 14.0. The fourth-order valence-electron chi connectivity index (χ4n) is 1.53. The van der Waals surface area contributed by atoms with Crippen LogP contribution < -0.4 is 10.1 Å². The first-order valence-corrected chi connectivity index (χ1v) is 7.80. The second kappa shape index (κ2) is 7.90. The summed E-state index contributed by atoms with van der Waals surface area (Å²) in [6, 6.07) is 3.74. The average Bonchev–Trinajstić information content (AvgIpc) is 2.57. The Hall–Kier alpha value is -2.17. The molecule has 1 aromatic rings. The van der Waals surface area contributed by atoms with Crippen LogP contribution in [0.3, 0.4) is 0 Å². The number of methoxy groups -OCH3 is 1. The van der Waals surface area contributed by atoms with Gasteiger partial charge < -0.3 is 14.8 Å². The number of hydrogen-bond acceptors (Lipinski definition) is 7. The molecule has 0 fully saturated rings. The molecule has 0 radical (unpaired) electrons. The highest BCUT2D eigenvalue weighted by molar-refractivity contribution is 7.89. The van der Waals surface area contributed by atoms with Gasteiger partial charge in [0.25, 0.3) is 15.9 Å². The molecule has 0 aliphatic carbocycles. The summed E-state index contributed by atoms with van der Waals surface area (Å²) in [5.74, 6) is -1.29. The third kappa shape index (κ3) is 4.41. The molecule has 10 heteroatoms. The molecule has 128 valence electrons. The fraction of sp³-hybridized carbons (Fsp3) is 0.385. The van der Waals surface area contributed by atoms with Crippen molar-refractivity contribution in [3.8, 4) is 5.75 Å². The SMILES string of the molecule is CNC(=O)COC(=O)c1ccc(OC)c(S(=O)(=O)N(C)OC)c1. The molecule has 1 rings (SSSR count). The van der Waals surface area contributed by atoms with Gasteiger partial charge in [-0.3, -0.25) is 9.63 Å². The van der Waals surface area contributed by atoms with Crippen LogP contribution in [0.2, 0.25) is 0 Å². The molecule has 1 N–H and O–H groups in total. The standard InChI is InChI=1S/C13H18N2O7S/c1-14-12(16)8-22-13(17)9-5-6-10(20-3)11(7-9)23(18,19)15(2)21-4/h5-7H,8H2,1-4H3,(H,14,16). The highest BCUT2D eigenvalue weighted by Crippen LogP contribution is 2.27. The Morgan fingerprint density at radius 1 is 1.26 bits per heavy atom. The summed E-state index contributed by atoms with van der Waals surface area (Å²) >= 11 is 0. The Balaban J connectivity index is 3.18. The van der Waals surface area contributed by atoms with Crippen molar-refractivity contribution in [1.82, 2.24) is 9.79 Å². The summed E-state index contributed by atoms with van der Waals surface area (Å²) in [4.78, 5) is 27.4. The van der Waals surface area contributed by atoms with E-state index in [4.69, 9.17) is 9.47 Å². The summed E-state index contributed by atoms with van der Waals surface area (Å²) in [6.45, 7) is -0.471. The normalized spacial score (nSPS) is 11.2. The first-order valence-electron chi connectivity index (χ1n) is 6.36. The van der Waals surface area contributed by atoms with Crippen molar-refractivity contribution in [2.45, 2.75) is 4.90 Å². The third-order valence-electron chi connectivity index (χ3n) is 2.89. The van der Waals surface area contributed by atoms with E-state index in [1.165, 1.54) is 40.4 Å². The third-order valence-corrected chi connectivity index (χ3v) is 4.59. The number of likely N-dealkylation sites (N-methyl/N-ethyl adjacent to an activating group) is 1. The van der Waals surface area contributed by atoms with E-state index in [0.29, 0.717) is 4.47 Å². The Morgan fingerprint density at radius 3 is 2.43 bits per heavy atom. The predicted molar refractivity (Wildman–Crippen MR) is 79.3 cm³/mol. The number of rotatable bonds is 7. The smallest absolute Gasteiger partial charge is 0.338 e. The molecule has 9 nitrogen and oxygen atoms in total. The van der Waals surface area contributed by atoms with Crippen molar-refractivity contribution >= 4 is 21.9 Å². The van der Waals surface area contributed by atoms with Crippen molar-refractivity contribution in [3.63, 3.8) is 0 Å². The number of nitrogens with zero attached hydrogens (tertiary/aromatic N) is 1. The van der Waals surface area contributed by atoms with E-state index in [-0.39, 0.29) is 16.2 Å². The maximum Gasteiger partial charge on any atom is 0.338 e. The van der Waals surface area contributed by atoms with E-state index >= 15 is 0 Å². The molecule has 0 unspecified atom stereocenters. The van der Waals surface area contributed by atoms with Crippen LogP contribution in [0.1, 0.15) is 10.4 Å². The van der Waals surface area contributed by atoms with Crippen LogP contribution in [-0.2, 0) is 24.4 Å². The Morgan fingerprint density at radius 2 is 1.91 bits per heavy atom. The van der Waals surface area contributed by atoms with Crippen LogP contribution >= 0.6 is 0 Å². The van der Waals surface area contributed by atoms with E-state index in [2.05, 4.69) is 10.2 Å². The van der Waals surface area contributed by atoms with Crippen LogP contribution in [0, 0.1) is 0 Å². The lowest BCUT2D eigenvalue weighted by molar-refractivity contribution is -0.123. The van der Waals surface area contributed by atoms with Crippen molar-refractivity contribution in [3.05, 3.63) is 23.8 Å². The van der Waals surface area contributed by atoms with Crippen molar-refractivity contribution in [2.75, 3.05) is 34.9 Å². The van der Waals surface area contributed by atoms with E-state index in [1.807, 2.05) is 0 Å². The van der Waals surface area contributed by atoms with Gasteiger partial charge in [-0.2, -0.15) is 0 Å². The van der Waals surface area contributed by atoms with Gasteiger partial charge >= 0.3 is 5.97 Å². The van der Waals surface area contributed by atoms with Gasteiger partial charge in [-0.25, -0.2) is 13.2 Å². The molecule has 0 saturated heterocycles. The van der Waals surface area contributed by atoms with E-state index in [0.717, 1.165) is 6.07 Å². The van der Waals surface area contributed by atoms with Gasteiger partial charge in [-0.1, -0.05) is 4.47 Å². The van der Waals surface area contributed by atoms with Crippen LogP contribution in [0.15, 0.2) is 23.1 Å². The van der Waals surface area contributed by atoms with Crippen LogP contribution in [-0.4, -0.2) is 59.7 Å². The molecule has 0 atom stereocenters. The Kier molecular flexibility index (Phi) is 6.49. The van der Waals surface area contributed by atoms with Gasteiger partial charge in [-0.05, 0) is 18.2 Å². The number of hydroxylamine groups is 1. The number of benzene rings is 1. The Bertz CT molecular complexity index is 688. The average molecular weight is 346 g/mol. The fourth-order valence-corrected chi connectivity index (χ4v) is 2.68.